The van der Waals surface area contributed by atoms with Crippen molar-refractivity contribution in [2.45, 2.75) is 6.42 Å². The number of halogens is 3. The van der Waals surface area contributed by atoms with Crippen molar-refractivity contribution >= 4 is 17.3 Å². The molecule has 1 heterocycles. The van der Waals surface area contributed by atoms with Crippen LogP contribution < -0.4 is 0 Å². The summed E-state index contributed by atoms with van der Waals surface area (Å²) >= 11 is 1.04. The Balaban J connectivity index is 2.37. The smallest absolute Gasteiger partial charge is 0.309 e. The number of hydrogen-bond acceptors (Lipinski definition) is 3. The van der Waals surface area contributed by atoms with Gasteiger partial charge in [0.25, 0.3) is 0 Å². The van der Waals surface area contributed by atoms with Gasteiger partial charge in [-0.3, -0.25) is 4.79 Å². The van der Waals surface area contributed by atoms with Gasteiger partial charge in [-0.2, -0.15) is 0 Å². The van der Waals surface area contributed by atoms with E-state index in [1.165, 1.54) is 5.38 Å². The van der Waals surface area contributed by atoms with Crippen LogP contribution in [0.4, 0.5) is 13.2 Å². The van der Waals surface area contributed by atoms with Crippen LogP contribution in [0.25, 0.3) is 10.6 Å². The van der Waals surface area contributed by atoms with Crippen molar-refractivity contribution in [2.75, 3.05) is 0 Å². The van der Waals surface area contributed by atoms with E-state index >= 15 is 0 Å². The van der Waals surface area contributed by atoms with E-state index in [0.29, 0.717) is 0 Å². The highest BCUT2D eigenvalue weighted by Crippen LogP contribution is 2.26. The van der Waals surface area contributed by atoms with Crippen molar-refractivity contribution in [3.05, 3.63) is 40.7 Å². The number of aromatic nitrogens is 1. The van der Waals surface area contributed by atoms with Gasteiger partial charge >= 0.3 is 5.97 Å². The minimum Gasteiger partial charge on any atom is -0.481 e. The molecule has 0 radical (unpaired) electrons. The van der Waals surface area contributed by atoms with E-state index in [9.17, 15) is 18.0 Å². The number of aliphatic carboxylic acids is 1. The average molecular weight is 273 g/mol. The maximum absolute atomic E-state index is 13.0. The van der Waals surface area contributed by atoms with E-state index < -0.39 is 23.4 Å². The molecule has 0 saturated heterocycles. The third-order valence-electron chi connectivity index (χ3n) is 2.11. The van der Waals surface area contributed by atoms with Gasteiger partial charge in [-0.15, -0.1) is 11.3 Å². The number of benzene rings is 1. The van der Waals surface area contributed by atoms with Crippen molar-refractivity contribution in [3.8, 4) is 10.6 Å². The van der Waals surface area contributed by atoms with Crippen LogP contribution in [0.2, 0.25) is 0 Å². The van der Waals surface area contributed by atoms with E-state index in [-0.39, 0.29) is 22.7 Å². The molecule has 0 aliphatic heterocycles. The number of carboxylic acids is 1. The van der Waals surface area contributed by atoms with Gasteiger partial charge in [0.2, 0.25) is 0 Å². The van der Waals surface area contributed by atoms with Gasteiger partial charge in [0.15, 0.2) is 17.5 Å². The Morgan fingerprint density at radius 3 is 2.44 bits per heavy atom. The molecule has 2 aromatic rings. The maximum Gasteiger partial charge on any atom is 0.309 e. The van der Waals surface area contributed by atoms with Crippen LogP contribution >= 0.6 is 11.3 Å². The summed E-state index contributed by atoms with van der Waals surface area (Å²) in [5.41, 5.74) is 0.362. The molecule has 94 valence electrons. The first-order valence-electron chi connectivity index (χ1n) is 4.78. The zero-order chi connectivity index (χ0) is 13.3. The molecule has 1 N–H and O–H groups in total. The fourth-order valence-electron chi connectivity index (χ4n) is 1.35. The number of hydrogen-bond donors (Lipinski definition) is 1. The molecule has 1 aromatic heterocycles. The van der Waals surface area contributed by atoms with Crippen LogP contribution in [0.5, 0.6) is 0 Å². The lowest BCUT2D eigenvalue weighted by atomic mass is 10.2. The minimum absolute atomic E-state index is 0.0769. The van der Waals surface area contributed by atoms with Gasteiger partial charge in [0, 0.05) is 10.9 Å². The predicted octanol–water partition coefficient (Wildman–Crippen LogP) is 2.85. The summed E-state index contributed by atoms with van der Waals surface area (Å²) in [4.78, 5) is 14.4. The van der Waals surface area contributed by atoms with Gasteiger partial charge in [-0.05, 0) is 12.1 Å². The summed E-state index contributed by atoms with van der Waals surface area (Å²) in [6.45, 7) is 0. The Hall–Kier alpha value is -1.89. The first-order valence-corrected chi connectivity index (χ1v) is 5.66. The lowest BCUT2D eigenvalue weighted by Gasteiger charge is -1.99. The summed E-state index contributed by atoms with van der Waals surface area (Å²) in [7, 11) is 0. The first kappa shape index (κ1) is 12.6. The summed E-state index contributed by atoms with van der Waals surface area (Å²) in [6, 6.07) is 1.64. The van der Waals surface area contributed by atoms with Gasteiger partial charge < -0.3 is 5.11 Å². The van der Waals surface area contributed by atoms with E-state index in [4.69, 9.17) is 5.11 Å². The molecule has 0 aliphatic rings. The normalized spacial score (nSPS) is 10.6. The van der Waals surface area contributed by atoms with E-state index in [1.807, 2.05) is 0 Å². The second-order valence-electron chi connectivity index (χ2n) is 3.47. The molecule has 3 nitrogen and oxygen atoms in total. The molecule has 0 saturated carbocycles. The molecule has 7 heteroatoms. The standard InChI is InChI=1S/C11H6F3NO2S/c12-7-1-5(2-8(13)10(7)14)11-15-6(4-18-11)3-9(16)17/h1-2,4H,3H2,(H,16,17). The Kier molecular flexibility index (Phi) is 3.33. The molecular weight excluding hydrogens is 267 g/mol. The zero-order valence-electron chi connectivity index (χ0n) is 8.78. The minimum atomic E-state index is -1.54. The fourth-order valence-corrected chi connectivity index (χ4v) is 2.16. The quantitative estimate of drug-likeness (QED) is 0.875. The highest BCUT2D eigenvalue weighted by atomic mass is 32.1. The van der Waals surface area contributed by atoms with Crippen LogP contribution in [-0.4, -0.2) is 16.1 Å². The first-order chi connectivity index (χ1) is 8.47. The van der Waals surface area contributed by atoms with Gasteiger partial charge in [0.05, 0.1) is 12.1 Å². The van der Waals surface area contributed by atoms with E-state index in [2.05, 4.69) is 4.98 Å². The monoisotopic (exact) mass is 273 g/mol. The molecule has 0 unspecified atom stereocenters. The largest absolute Gasteiger partial charge is 0.481 e. The molecule has 2 rings (SSSR count). The summed E-state index contributed by atoms with van der Waals surface area (Å²) in [6.07, 6.45) is -0.275. The lowest BCUT2D eigenvalue weighted by Crippen LogP contribution is -2.00. The highest BCUT2D eigenvalue weighted by Gasteiger charge is 2.14. The molecule has 0 atom stereocenters. The van der Waals surface area contributed by atoms with Crippen molar-refractivity contribution in [2.24, 2.45) is 0 Å². The second-order valence-corrected chi connectivity index (χ2v) is 4.33. The molecule has 0 aliphatic carbocycles. The van der Waals surface area contributed by atoms with Crippen LogP contribution in [0, 0.1) is 17.5 Å². The average Bonchev–Trinajstić information content (AvgIpc) is 2.72. The summed E-state index contributed by atoms with van der Waals surface area (Å²) in [5, 5.41) is 10.3. The molecule has 18 heavy (non-hydrogen) atoms. The molecule has 0 spiro atoms. The number of carbonyl (C=O) groups is 1. The molecule has 0 fully saturated rings. The number of rotatable bonds is 3. The van der Waals surface area contributed by atoms with Crippen molar-refractivity contribution in [3.63, 3.8) is 0 Å². The number of carboxylic acid groups (broad SMARTS) is 1. The van der Waals surface area contributed by atoms with Crippen molar-refractivity contribution in [1.82, 2.24) is 4.98 Å². The summed E-state index contributed by atoms with van der Waals surface area (Å²) in [5.74, 6) is -5.20. The molecule has 1 aromatic carbocycles. The van der Waals surface area contributed by atoms with Crippen LogP contribution in [0.15, 0.2) is 17.5 Å². The van der Waals surface area contributed by atoms with Gasteiger partial charge in [0.1, 0.15) is 5.01 Å². The SMILES string of the molecule is O=C(O)Cc1csc(-c2cc(F)c(F)c(F)c2)n1. The lowest BCUT2D eigenvalue weighted by molar-refractivity contribution is -0.136. The zero-order valence-corrected chi connectivity index (χ0v) is 9.60. The Labute approximate surface area is 104 Å². The summed E-state index contributed by atoms with van der Waals surface area (Å²) < 4.78 is 38.8. The highest BCUT2D eigenvalue weighted by molar-refractivity contribution is 7.13. The van der Waals surface area contributed by atoms with Gasteiger partial charge in [-0.25, -0.2) is 18.2 Å². The Morgan fingerprint density at radius 1 is 1.28 bits per heavy atom. The number of nitrogens with zero attached hydrogens (tertiary/aromatic N) is 1. The molecule has 0 amide bonds. The topological polar surface area (TPSA) is 50.2 Å². The Morgan fingerprint density at radius 2 is 1.89 bits per heavy atom. The van der Waals surface area contributed by atoms with Crippen molar-refractivity contribution in [1.29, 1.82) is 0 Å². The van der Waals surface area contributed by atoms with Crippen LogP contribution in [0.3, 0.4) is 0 Å². The van der Waals surface area contributed by atoms with E-state index in [0.717, 1.165) is 23.5 Å². The Bertz CT molecular complexity index is 589. The third kappa shape index (κ3) is 2.51. The fraction of sp³-hybridized carbons (Fsp3) is 0.0909. The van der Waals surface area contributed by atoms with Crippen LogP contribution in [0.1, 0.15) is 5.69 Å². The molecular formula is C11H6F3NO2S. The van der Waals surface area contributed by atoms with Crippen molar-refractivity contribution < 1.29 is 23.1 Å². The number of thiazole rings is 1. The van der Waals surface area contributed by atoms with E-state index in [1.54, 1.807) is 0 Å². The maximum atomic E-state index is 13.0. The molecule has 0 bridgehead atoms. The second kappa shape index (κ2) is 4.77. The third-order valence-corrected chi connectivity index (χ3v) is 3.06. The van der Waals surface area contributed by atoms with Crippen LogP contribution in [-0.2, 0) is 11.2 Å². The predicted molar refractivity (Wildman–Crippen MR) is 58.8 cm³/mol. The van der Waals surface area contributed by atoms with Gasteiger partial charge in [-0.1, -0.05) is 0 Å².